The lowest BCUT2D eigenvalue weighted by Gasteiger charge is -2.38. The maximum Gasteiger partial charge on any atom is 0.393 e. The van der Waals surface area contributed by atoms with E-state index < -0.39 is 30.1 Å². The number of rotatable bonds is 1. The molecule has 1 fully saturated rings. The summed E-state index contributed by atoms with van der Waals surface area (Å²) >= 11 is 0. The van der Waals surface area contributed by atoms with E-state index >= 15 is 0 Å². The molecular weight excluding hydrogens is 315 g/mol. The molecule has 0 bridgehead atoms. The van der Waals surface area contributed by atoms with E-state index in [2.05, 4.69) is 20.2 Å². The second-order valence-electron chi connectivity index (χ2n) is 5.65. The third-order valence-corrected chi connectivity index (χ3v) is 4.16. The number of fused-ring (bicyclic) bond motifs is 1. The molecule has 0 radical (unpaired) electrons. The zero-order valence-electron chi connectivity index (χ0n) is 12.1. The first-order valence-corrected chi connectivity index (χ1v) is 7.08. The number of nitrogens with zero attached hydrogens (tertiary/aromatic N) is 3. The van der Waals surface area contributed by atoms with Crippen molar-refractivity contribution in [3.05, 3.63) is 22.4 Å². The van der Waals surface area contributed by atoms with Crippen molar-refractivity contribution in [2.45, 2.75) is 32.0 Å². The standard InChI is InChI=1S/C13H14F3N5O2/c1-6-2-3-7(13(14,15)16)4-21(6)12(23)10-8-9(19-20-10)11(22)18-5-17-8/h5-7H,2-4H2,1H3,(H,19,20)(H,17,18,22). The summed E-state index contributed by atoms with van der Waals surface area (Å²) in [5.41, 5.74) is -0.584. The molecule has 2 atom stereocenters. The Bertz CT molecular complexity index is 797. The van der Waals surface area contributed by atoms with Gasteiger partial charge < -0.3 is 9.88 Å². The first kappa shape index (κ1) is 15.5. The molecule has 0 spiro atoms. The number of piperidine rings is 1. The molecule has 3 rings (SSSR count). The molecule has 2 aromatic rings. The number of H-pyrrole nitrogens is 2. The molecule has 0 saturated carbocycles. The zero-order valence-corrected chi connectivity index (χ0v) is 12.1. The van der Waals surface area contributed by atoms with E-state index in [9.17, 15) is 22.8 Å². The van der Waals surface area contributed by atoms with Crippen molar-refractivity contribution in [2.75, 3.05) is 6.54 Å². The topological polar surface area (TPSA) is 94.7 Å². The largest absolute Gasteiger partial charge is 0.393 e. The van der Waals surface area contributed by atoms with Crippen LogP contribution in [0.5, 0.6) is 0 Å². The lowest BCUT2D eigenvalue weighted by atomic mass is 9.92. The van der Waals surface area contributed by atoms with E-state index in [1.807, 2.05) is 0 Å². The van der Waals surface area contributed by atoms with Gasteiger partial charge in [-0.25, -0.2) is 4.98 Å². The molecule has 2 unspecified atom stereocenters. The predicted octanol–water partition coefficient (Wildman–Crippen LogP) is 1.45. The average Bonchev–Trinajstić information content (AvgIpc) is 2.91. The number of likely N-dealkylation sites (tertiary alicyclic amines) is 1. The van der Waals surface area contributed by atoms with Gasteiger partial charge in [0.25, 0.3) is 11.5 Å². The van der Waals surface area contributed by atoms with Gasteiger partial charge in [0.05, 0.1) is 12.2 Å². The molecule has 0 aromatic carbocycles. The highest BCUT2D eigenvalue weighted by Crippen LogP contribution is 2.35. The quantitative estimate of drug-likeness (QED) is 0.828. The molecule has 3 heterocycles. The van der Waals surface area contributed by atoms with Crippen LogP contribution in [0, 0.1) is 5.92 Å². The molecule has 0 aliphatic carbocycles. The van der Waals surface area contributed by atoms with Crippen LogP contribution in [-0.2, 0) is 0 Å². The summed E-state index contributed by atoms with van der Waals surface area (Å²) in [7, 11) is 0. The molecule has 1 aliphatic heterocycles. The summed E-state index contributed by atoms with van der Waals surface area (Å²) < 4.78 is 38.8. The first-order valence-electron chi connectivity index (χ1n) is 7.08. The number of alkyl halides is 3. The van der Waals surface area contributed by atoms with Gasteiger partial charge in [-0.1, -0.05) is 0 Å². The van der Waals surface area contributed by atoms with Crippen molar-refractivity contribution in [2.24, 2.45) is 5.92 Å². The molecule has 1 aliphatic rings. The van der Waals surface area contributed by atoms with Gasteiger partial charge in [0.15, 0.2) is 5.52 Å². The van der Waals surface area contributed by atoms with Crippen molar-refractivity contribution in [1.29, 1.82) is 0 Å². The average molecular weight is 329 g/mol. The van der Waals surface area contributed by atoms with Gasteiger partial charge in [-0.05, 0) is 19.8 Å². The Balaban J connectivity index is 1.94. The summed E-state index contributed by atoms with van der Waals surface area (Å²) in [6.45, 7) is 1.29. The van der Waals surface area contributed by atoms with Crippen LogP contribution in [0.25, 0.3) is 11.0 Å². The third-order valence-electron chi connectivity index (χ3n) is 4.16. The van der Waals surface area contributed by atoms with Crippen LogP contribution < -0.4 is 5.56 Å². The predicted molar refractivity (Wildman–Crippen MR) is 73.8 cm³/mol. The maximum absolute atomic E-state index is 12.9. The minimum atomic E-state index is -4.34. The Morgan fingerprint density at radius 3 is 2.78 bits per heavy atom. The van der Waals surface area contributed by atoms with E-state index in [0.29, 0.717) is 0 Å². The van der Waals surface area contributed by atoms with Crippen LogP contribution in [0.4, 0.5) is 13.2 Å². The Morgan fingerprint density at radius 1 is 1.35 bits per heavy atom. The van der Waals surface area contributed by atoms with Crippen molar-refractivity contribution in [3.63, 3.8) is 0 Å². The lowest BCUT2D eigenvalue weighted by molar-refractivity contribution is -0.186. The first-order chi connectivity index (χ1) is 10.8. The van der Waals surface area contributed by atoms with E-state index in [0.717, 1.165) is 11.2 Å². The normalized spacial score (nSPS) is 22.5. The Kier molecular flexibility index (Phi) is 3.61. The van der Waals surface area contributed by atoms with E-state index in [-0.39, 0.29) is 35.6 Å². The second-order valence-corrected chi connectivity index (χ2v) is 5.65. The van der Waals surface area contributed by atoms with Crippen molar-refractivity contribution >= 4 is 16.9 Å². The molecular formula is C13H14F3N5O2. The minimum absolute atomic E-state index is 0.00388. The Hall–Kier alpha value is -2.39. The second kappa shape index (κ2) is 5.36. The van der Waals surface area contributed by atoms with Gasteiger partial charge in [-0.3, -0.25) is 14.7 Å². The third kappa shape index (κ3) is 2.68. The Morgan fingerprint density at radius 2 is 2.09 bits per heavy atom. The number of hydrogen-bond donors (Lipinski definition) is 2. The smallest absolute Gasteiger partial charge is 0.334 e. The van der Waals surface area contributed by atoms with Gasteiger partial charge in [-0.2, -0.15) is 18.3 Å². The number of halogens is 3. The fourth-order valence-corrected chi connectivity index (χ4v) is 2.79. The highest BCUT2D eigenvalue weighted by molar-refractivity contribution is 6.02. The molecule has 1 amide bonds. The number of hydrogen-bond acceptors (Lipinski definition) is 4. The molecule has 2 aromatic heterocycles. The van der Waals surface area contributed by atoms with Gasteiger partial charge in [-0.15, -0.1) is 0 Å². The van der Waals surface area contributed by atoms with Crippen molar-refractivity contribution < 1.29 is 18.0 Å². The van der Waals surface area contributed by atoms with Crippen LogP contribution in [0.2, 0.25) is 0 Å². The number of amides is 1. The molecule has 10 heteroatoms. The number of aromatic amines is 2. The van der Waals surface area contributed by atoms with Gasteiger partial charge >= 0.3 is 6.18 Å². The number of carbonyl (C=O) groups excluding carboxylic acids is 1. The molecule has 1 saturated heterocycles. The van der Waals surface area contributed by atoms with Gasteiger partial charge in [0.1, 0.15) is 11.2 Å². The molecule has 7 nitrogen and oxygen atoms in total. The van der Waals surface area contributed by atoms with Crippen LogP contribution >= 0.6 is 0 Å². The van der Waals surface area contributed by atoms with Crippen LogP contribution in [0.15, 0.2) is 11.1 Å². The molecule has 23 heavy (non-hydrogen) atoms. The van der Waals surface area contributed by atoms with E-state index in [1.165, 1.54) is 0 Å². The van der Waals surface area contributed by atoms with Crippen molar-refractivity contribution in [3.8, 4) is 0 Å². The van der Waals surface area contributed by atoms with Crippen LogP contribution in [-0.4, -0.2) is 49.7 Å². The Labute approximate surface area is 127 Å². The maximum atomic E-state index is 12.9. The van der Waals surface area contributed by atoms with Gasteiger partial charge in [0.2, 0.25) is 0 Å². The summed E-state index contributed by atoms with van der Waals surface area (Å²) in [6.07, 6.45) is -2.97. The molecule has 2 N–H and O–H groups in total. The number of nitrogens with one attached hydrogen (secondary N) is 2. The number of aromatic nitrogens is 4. The summed E-state index contributed by atoms with van der Waals surface area (Å²) in [5, 5.41) is 6.15. The lowest BCUT2D eigenvalue weighted by Crippen LogP contribution is -2.49. The zero-order chi connectivity index (χ0) is 16.8. The highest BCUT2D eigenvalue weighted by atomic mass is 19.4. The molecule has 124 valence electrons. The summed E-state index contributed by atoms with van der Waals surface area (Å²) in [6, 6.07) is -0.332. The highest BCUT2D eigenvalue weighted by Gasteiger charge is 2.45. The van der Waals surface area contributed by atoms with Crippen molar-refractivity contribution in [1.82, 2.24) is 25.1 Å². The van der Waals surface area contributed by atoms with E-state index in [4.69, 9.17) is 0 Å². The summed E-state index contributed by atoms with van der Waals surface area (Å²) in [4.78, 5) is 31.6. The van der Waals surface area contributed by atoms with Crippen LogP contribution in [0.1, 0.15) is 30.3 Å². The monoisotopic (exact) mass is 329 g/mol. The van der Waals surface area contributed by atoms with Crippen LogP contribution in [0.3, 0.4) is 0 Å². The summed E-state index contributed by atoms with van der Waals surface area (Å²) in [5.74, 6) is -2.18. The number of carbonyl (C=O) groups is 1. The van der Waals surface area contributed by atoms with E-state index in [1.54, 1.807) is 6.92 Å². The fourth-order valence-electron chi connectivity index (χ4n) is 2.79. The van der Waals surface area contributed by atoms with Gasteiger partial charge in [0, 0.05) is 12.6 Å². The SMILES string of the molecule is CC1CCC(C(F)(F)F)CN1C(=O)c1[nH]nc2c(=O)[nH]cnc12. The minimum Gasteiger partial charge on any atom is -0.334 e. The fraction of sp³-hybridized carbons (Fsp3) is 0.538.